The number of rotatable bonds is 11. The van der Waals surface area contributed by atoms with Crippen molar-refractivity contribution in [2.24, 2.45) is 11.8 Å². The summed E-state index contributed by atoms with van der Waals surface area (Å²) in [7, 11) is 0. The van der Waals surface area contributed by atoms with Crippen molar-refractivity contribution in [3.8, 4) is 22.5 Å². The molecule has 7 rings (SSSR count). The molecular formula is C54H62F2IrN2O2-2. The molecular weight excluding hydrogens is 939 g/mol. The van der Waals surface area contributed by atoms with Gasteiger partial charge in [-0.3, -0.25) is 4.79 Å². The summed E-state index contributed by atoms with van der Waals surface area (Å²) in [5.74, 6) is -3.31. The van der Waals surface area contributed by atoms with Gasteiger partial charge in [-0.2, -0.15) is 0 Å². The SMILES string of the molecule is CCC(CC)C(=O)/C=C(\O)C(CC)CC(C)(F)F.[2H]c1cc2cc(C3CCCC3)ccc2c(-c2[c-]c(C)cc(C)c2)n1.[2H]c1nc(-c2[c-]c(C)cc(C)c2)c2ccc(C)cc2c1[2H].[Ir]. The quantitative estimate of drug-likeness (QED) is 0.0798. The van der Waals surface area contributed by atoms with Crippen molar-refractivity contribution in [3.05, 3.63) is 142 Å². The number of halogens is 2. The van der Waals surface area contributed by atoms with Gasteiger partial charge < -0.3 is 15.1 Å². The Labute approximate surface area is 380 Å². The van der Waals surface area contributed by atoms with Gasteiger partial charge in [-0.25, -0.2) is 8.78 Å². The number of alkyl halides is 2. The number of carbonyl (C=O) groups is 1. The van der Waals surface area contributed by atoms with E-state index >= 15 is 0 Å². The average molecular weight is 1000 g/mol. The van der Waals surface area contributed by atoms with Crippen LogP contribution in [0.3, 0.4) is 0 Å². The van der Waals surface area contributed by atoms with E-state index in [9.17, 15) is 18.7 Å². The molecule has 0 bridgehead atoms. The molecule has 2 aromatic heterocycles. The van der Waals surface area contributed by atoms with Crippen LogP contribution in [-0.4, -0.2) is 26.8 Å². The second kappa shape index (κ2) is 22.5. The van der Waals surface area contributed by atoms with Crippen LogP contribution in [0.4, 0.5) is 8.78 Å². The van der Waals surface area contributed by atoms with E-state index in [-0.39, 0.29) is 49.8 Å². The van der Waals surface area contributed by atoms with Crippen LogP contribution in [0, 0.1) is 58.6 Å². The summed E-state index contributed by atoms with van der Waals surface area (Å²) in [5.41, 5.74) is 10.5. The molecule has 7 heteroatoms. The molecule has 2 heterocycles. The molecule has 0 spiro atoms. The predicted octanol–water partition coefficient (Wildman–Crippen LogP) is 15.1. The molecule has 0 aliphatic heterocycles. The third kappa shape index (κ3) is 13.7. The molecule has 1 atom stereocenters. The number of fused-ring (bicyclic) bond motifs is 2. The van der Waals surface area contributed by atoms with Gasteiger partial charge in [-0.05, 0) is 102 Å². The molecule has 1 fully saturated rings. The van der Waals surface area contributed by atoms with Gasteiger partial charge in [0.1, 0.15) is 0 Å². The standard InChI is InChI=1S/C22H22N.C18H16N.C14H24F2O2.Ir/c1-15-11-16(2)13-20(12-15)22-21-8-7-18(17-5-3-4-6-17)14-19(21)9-10-23-22;1-12-4-5-17-15(9-12)6-7-19-18(17)16-10-13(2)8-14(3)11-16;1-5-10(6-2)12(17)8-13(18)11(7-3)9-14(4,15)16;/h7-12,14,17H,3-6H2,1-2H3;4-10H,1-3H3;8,10-11,18H,5-7,9H2,1-4H3;/q2*-1;;/b;;13-8-;/i10D;6D,7D;;. The summed E-state index contributed by atoms with van der Waals surface area (Å²) in [5, 5.41) is 13.7. The van der Waals surface area contributed by atoms with Crippen LogP contribution in [0.5, 0.6) is 0 Å². The maximum atomic E-state index is 12.9. The molecule has 325 valence electrons. The number of nitrogens with zero attached hydrogens (tertiary/aromatic N) is 2. The van der Waals surface area contributed by atoms with Crippen molar-refractivity contribution in [1.82, 2.24) is 9.97 Å². The molecule has 4 nitrogen and oxygen atoms in total. The van der Waals surface area contributed by atoms with Gasteiger partial charge in [-0.1, -0.05) is 103 Å². The number of benzene rings is 4. The number of allylic oxidation sites excluding steroid dienone is 2. The minimum absolute atomic E-state index is 0. The molecule has 1 unspecified atom stereocenters. The monoisotopic (exact) mass is 1000 g/mol. The fourth-order valence-electron chi connectivity index (χ4n) is 8.25. The number of aliphatic hydroxyl groups excluding tert-OH is 1. The van der Waals surface area contributed by atoms with E-state index < -0.39 is 18.3 Å². The first kappa shape index (κ1) is 44.5. The molecule has 0 amide bonds. The predicted molar refractivity (Wildman–Crippen MR) is 246 cm³/mol. The van der Waals surface area contributed by atoms with Crippen molar-refractivity contribution >= 4 is 27.3 Å². The average Bonchev–Trinajstić information content (AvgIpc) is 3.76. The molecule has 0 saturated heterocycles. The Morgan fingerprint density at radius 2 is 1.31 bits per heavy atom. The Balaban J connectivity index is 0.000000212. The minimum Gasteiger partial charge on any atom is -0.512 e. The smallest absolute Gasteiger partial charge is 0.246 e. The molecule has 4 aromatic carbocycles. The third-order valence-corrected chi connectivity index (χ3v) is 11.3. The zero-order valence-electron chi connectivity index (χ0n) is 40.2. The molecule has 1 aliphatic rings. The maximum Gasteiger partial charge on any atom is 0.246 e. The topological polar surface area (TPSA) is 63.1 Å². The zero-order chi connectivity index (χ0) is 46.2. The van der Waals surface area contributed by atoms with Crippen LogP contribution in [0.15, 0.2) is 97.0 Å². The number of aryl methyl sites for hydroxylation is 5. The van der Waals surface area contributed by atoms with E-state index in [1.165, 1.54) is 36.8 Å². The minimum atomic E-state index is -2.83. The van der Waals surface area contributed by atoms with Crippen LogP contribution in [-0.2, 0) is 24.9 Å². The van der Waals surface area contributed by atoms with E-state index in [1.807, 2.05) is 65.0 Å². The number of carbonyl (C=O) groups excluding carboxylic acids is 1. The number of aromatic nitrogens is 2. The summed E-state index contributed by atoms with van der Waals surface area (Å²) in [6.45, 7) is 16.5. The van der Waals surface area contributed by atoms with Crippen molar-refractivity contribution in [1.29, 1.82) is 0 Å². The largest absolute Gasteiger partial charge is 0.512 e. The number of hydrogen-bond donors (Lipinski definition) is 1. The van der Waals surface area contributed by atoms with Crippen LogP contribution < -0.4 is 0 Å². The summed E-state index contributed by atoms with van der Waals surface area (Å²) >= 11 is 0. The summed E-state index contributed by atoms with van der Waals surface area (Å²) in [6, 6.07) is 29.8. The van der Waals surface area contributed by atoms with Crippen molar-refractivity contribution in [2.75, 3.05) is 0 Å². The molecule has 1 aliphatic carbocycles. The fraction of sp³-hybridized carbons (Fsp3) is 0.389. The van der Waals surface area contributed by atoms with E-state index in [0.29, 0.717) is 31.4 Å². The molecule has 1 radical (unpaired) electrons. The van der Waals surface area contributed by atoms with E-state index in [1.54, 1.807) is 6.92 Å². The molecule has 1 saturated carbocycles. The van der Waals surface area contributed by atoms with Crippen LogP contribution in [0.1, 0.15) is 122 Å². The third-order valence-electron chi connectivity index (χ3n) is 11.3. The van der Waals surface area contributed by atoms with Gasteiger partial charge in [0.15, 0.2) is 5.78 Å². The van der Waals surface area contributed by atoms with E-state index in [4.69, 9.17) is 4.11 Å². The van der Waals surface area contributed by atoms with Gasteiger partial charge in [0.2, 0.25) is 5.92 Å². The Kier molecular flexibility index (Phi) is 16.4. The Morgan fingerprint density at radius 1 is 0.770 bits per heavy atom. The maximum absolute atomic E-state index is 12.9. The Bertz CT molecular complexity index is 2560. The normalized spacial score (nSPS) is 14.3. The van der Waals surface area contributed by atoms with E-state index in [0.717, 1.165) is 79.3 Å². The van der Waals surface area contributed by atoms with E-state index in [2.05, 4.69) is 72.3 Å². The molecule has 1 N–H and O–H groups in total. The van der Waals surface area contributed by atoms with Crippen molar-refractivity contribution in [3.63, 3.8) is 0 Å². The zero-order valence-corrected chi connectivity index (χ0v) is 39.6. The first-order valence-corrected chi connectivity index (χ1v) is 21.4. The van der Waals surface area contributed by atoms with Gasteiger partial charge >= 0.3 is 0 Å². The first-order valence-electron chi connectivity index (χ1n) is 22.9. The van der Waals surface area contributed by atoms with Crippen molar-refractivity contribution < 1.29 is 42.9 Å². The van der Waals surface area contributed by atoms with Gasteiger partial charge in [0, 0.05) is 56.8 Å². The van der Waals surface area contributed by atoms with Crippen molar-refractivity contribution in [2.45, 2.75) is 126 Å². The van der Waals surface area contributed by atoms with Gasteiger partial charge in [-0.15, -0.1) is 69.8 Å². The summed E-state index contributed by atoms with van der Waals surface area (Å²) in [4.78, 5) is 20.6. The number of aliphatic hydroxyl groups is 1. The van der Waals surface area contributed by atoms with Gasteiger partial charge in [0.25, 0.3) is 0 Å². The van der Waals surface area contributed by atoms with Gasteiger partial charge in [0.05, 0.1) is 9.87 Å². The Hall–Kier alpha value is -4.58. The second-order valence-corrected chi connectivity index (χ2v) is 16.7. The molecule has 6 aromatic rings. The first-order chi connectivity index (χ1) is 29.8. The Morgan fingerprint density at radius 3 is 1.85 bits per heavy atom. The van der Waals surface area contributed by atoms with Crippen LogP contribution in [0.2, 0.25) is 0 Å². The number of hydrogen-bond acceptors (Lipinski definition) is 4. The second-order valence-electron chi connectivity index (χ2n) is 16.7. The number of pyridine rings is 2. The summed E-state index contributed by atoms with van der Waals surface area (Å²) in [6.07, 6.45) is 8.09. The summed E-state index contributed by atoms with van der Waals surface area (Å²) < 4.78 is 50.0. The fourth-order valence-corrected chi connectivity index (χ4v) is 8.25. The number of ketones is 1. The van der Waals surface area contributed by atoms with Crippen LogP contribution >= 0.6 is 0 Å². The molecule has 61 heavy (non-hydrogen) atoms. The van der Waals surface area contributed by atoms with Crippen LogP contribution in [0.25, 0.3) is 44.1 Å².